The number of carbonyl (C=O) groups is 1. The smallest absolute Gasteiger partial charge is 0.416 e. The van der Waals surface area contributed by atoms with E-state index >= 15 is 0 Å². The molecule has 1 unspecified atom stereocenters. The third-order valence-corrected chi connectivity index (χ3v) is 9.42. The fourth-order valence-corrected chi connectivity index (χ4v) is 6.70. The summed E-state index contributed by atoms with van der Waals surface area (Å²) in [5.41, 5.74) is 2.42. The van der Waals surface area contributed by atoms with Crippen LogP contribution in [0.5, 0.6) is 17.2 Å². The lowest BCUT2D eigenvalue weighted by Gasteiger charge is -2.28. The average molecular weight is 712 g/mol. The maximum absolute atomic E-state index is 13.7. The molecule has 0 bridgehead atoms. The van der Waals surface area contributed by atoms with Crippen LogP contribution in [-0.4, -0.2) is 106 Å². The van der Waals surface area contributed by atoms with Crippen LogP contribution in [0.25, 0.3) is 11.0 Å². The lowest BCUT2D eigenvalue weighted by atomic mass is 9.93. The number of aromatic nitrogens is 2. The monoisotopic (exact) mass is 711 g/mol. The minimum Gasteiger partial charge on any atom is -0.493 e. The molecule has 2 heterocycles. The molecule has 0 saturated carbocycles. The number of hydrogen-bond acceptors (Lipinski definition) is 8. The van der Waals surface area contributed by atoms with Crippen LogP contribution in [0, 0.1) is 0 Å². The number of ether oxygens (including phenoxy) is 4. The summed E-state index contributed by atoms with van der Waals surface area (Å²) in [5, 5.41) is 0. The standard InChI is InChI=1S/C38H48F3N5O5/c1-6-51-23-22-46-32-11-8-7-10-31(32)42-37(46)45-18-9-17-44(20-21-45)19-16-28(27-12-14-30(15-13-27)38(39,40)41)26-43(2)36(47)29-24-33(48-3)35(50-5)34(25-29)49-4/h7-8,10-15,24-25,28H,6,9,16-23,26H2,1-5H3. The number of para-hydroxylation sites is 2. The molecule has 3 aromatic carbocycles. The Labute approximate surface area is 297 Å². The van der Waals surface area contributed by atoms with Crippen LogP contribution in [0.15, 0.2) is 60.7 Å². The van der Waals surface area contributed by atoms with Crippen LogP contribution in [0.4, 0.5) is 19.1 Å². The van der Waals surface area contributed by atoms with Crippen LogP contribution in [0.2, 0.25) is 0 Å². The maximum atomic E-state index is 13.7. The number of fused-ring (bicyclic) bond motifs is 1. The Kier molecular flexibility index (Phi) is 12.7. The molecule has 5 rings (SSSR count). The van der Waals surface area contributed by atoms with E-state index in [1.807, 2.05) is 25.1 Å². The highest BCUT2D eigenvalue weighted by Gasteiger charge is 2.31. The molecular weight excluding hydrogens is 663 g/mol. The number of anilines is 1. The Hall–Kier alpha value is -4.49. The van der Waals surface area contributed by atoms with Crippen molar-refractivity contribution in [3.8, 4) is 17.2 Å². The third kappa shape index (κ3) is 9.06. The first kappa shape index (κ1) is 37.8. The quantitative estimate of drug-likeness (QED) is 0.128. The molecule has 0 radical (unpaired) electrons. The predicted molar refractivity (Wildman–Crippen MR) is 191 cm³/mol. The van der Waals surface area contributed by atoms with E-state index in [-0.39, 0.29) is 11.8 Å². The van der Waals surface area contributed by atoms with Gasteiger partial charge in [0.05, 0.1) is 44.5 Å². The maximum Gasteiger partial charge on any atom is 0.416 e. The molecule has 0 aliphatic carbocycles. The number of hydrogen-bond donors (Lipinski definition) is 0. The van der Waals surface area contributed by atoms with Gasteiger partial charge in [-0.3, -0.25) is 4.79 Å². The summed E-state index contributed by atoms with van der Waals surface area (Å²) < 4.78 is 64.5. The molecule has 1 atom stereocenters. The molecule has 1 aliphatic rings. The topological polar surface area (TPSA) is 81.5 Å². The van der Waals surface area contributed by atoms with E-state index in [1.165, 1.54) is 33.5 Å². The zero-order chi connectivity index (χ0) is 36.5. The van der Waals surface area contributed by atoms with Gasteiger partial charge in [-0.25, -0.2) is 4.98 Å². The van der Waals surface area contributed by atoms with Gasteiger partial charge in [-0.05, 0) is 74.8 Å². The average Bonchev–Trinajstić information content (AvgIpc) is 3.33. The highest BCUT2D eigenvalue weighted by atomic mass is 19.4. The Morgan fingerprint density at radius 2 is 1.63 bits per heavy atom. The number of carbonyl (C=O) groups excluding carboxylic acids is 1. The van der Waals surface area contributed by atoms with Crippen LogP contribution in [0.3, 0.4) is 0 Å². The second-order valence-electron chi connectivity index (χ2n) is 12.6. The fraction of sp³-hybridized carbons (Fsp3) is 0.474. The van der Waals surface area contributed by atoms with Crippen molar-refractivity contribution in [2.24, 2.45) is 0 Å². The van der Waals surface area contributed by atoms with Crippen molar-refractivity contribution in [3.63, 3.8) is 0 Å². The van der Waals surface area contributed by atoms with Crippen molar-refractivity contribution in [1.29, 1.82) is 0 Å². The van der Waals surface area contributed by atoms with Gasteiger partial charge in [-0.2, -0.15) is 13.2 Å². The van der Waals surface area contributed by atoms with Gasteiger partial charge in [0, 0.05) is 57.9 Å². The number of benzene rings is 3. The summed E-state index contributed by atoms with van der Waals surface area (Å²) >= 11 is 0. The van der Waals surface area contributed by atoms with Gasteiger partial charge in [0.15, 0.2) is 11.5 Å². The number of nitrogens with zero attached hydrogens (tertiary/aromatic N) is 5. The van der Waals surface area contributed by atoms with E-state index in [0.29, 0.717) is 62.1 Å². The first-order chi connectivity index (χ1) is 24.6. The Bertz CT molecular complexity index is 1720. The summed E-state index contributed by atoms with van der Waals surface area (Å²) in [6.45, 7) is 8.27. The highest BCUT2D eigenvalue weighted by Crippen LogP contribution is 2.39. The molecule has 0 N–H and O–H groups in total. The van der Waals surface area contributed by atoms with Gasteiger partial charge in [-0.15, -0.1) is 0 Å². The largest absolute Gasteiger partial charge is 0.493 e. The molecule has 1 aliphatic heterocycles. The minimum atomic E-state index is -4.44. The normalized spacial score (nSPS) is 14.7. The summed E-state index contributed by atoms with van der Waals surface area (Å²) in [7, 11) is 6.16. The predicted octanol–water partition coefficient (Wildman–Crippen LogP) is 6.58. The highest BCUT2D eigenvalue weighted by molar-refractivity contribution is 5.95. The van der Waals surface area contributed by atoms with Gasteiger partial charge < -0.3 is 38.2 Å². The number of rotatable bonds is 15. The van der Waals surface area contributed by atoms with Gasteiger partial charge >= 0.3 is 6.18 Å². The van der Waals surface area contributed by atoms with E-state index in [4.69, 9.17) is 23.9 Å². The number of likely N-dealkylation sites (N-methyl/N-ethyl adjacent to an activating group) is 1. The van der Waals surface area contributed by atoms with E-state index < -0.39 is 11.7 Å². The molecule has 1 saturated heterocycles. The lowest BCUT2D eigenvalue weighted by Crippen LogP contribution is -2.35. The van der Waals surface area contributed by atoms with Gasteiger partial charge in [0.25, 0.3) is 5.91 Å². The SMILES string of the molecule is CCOCCn1c(N2CCCN(CCC(CN(C)C(=O)c3cc(OC)c(OC)c(OC)c3)c3ccc(C(F)(F)F)cc3)CC2)nc2ccccc21. The molecular formula is C38H48F3N5O5. The molecule has 1 aromatic heterocycles. The summed E-state index contributed by atoms with van der Waals surface area (Å²) in [6, 6.07) is 16.6. The van der Waals surface area contributed by atoms with Crippen LogP contribution in [0.1, 0.15) is 47.2 Å². The Morgan fingerprint density at radius 1 is 0.922 bits per heavy atom. The van der Waals surface area contributed by atoms with Gasteiger partial charge in [-0.1, -0.05) is 24.3 Å². The van der Waals surface area contributed by atoms with Crippen molar-refractivity contribution in [3.05, 3.63) is 77.4 Å². The molecule has 51 heavy (non-hydrogen) atoms. The molecule has 10 nitrogen and oxygen atoms in total. The van der Waals surface area contributed by atoms with Crippen molar-refractivity contribution in [1.82, 2.24) is 19.4 Å². The molecule has 4 aromatic rings. The molecule has 276 valence electrons. The number of methoxy groups -OCH3 is 3. The summed E-state index contributed by atoms with van der Waals surface area (Å²) in [4.78, 5) is 25.1. The van der Waals surface area contributed by atoms with Gasteiger partial charge in [0.2, 0.25) is 11.7 Å². The minimum absolute atomic E-state index is 0.217. The number of halogens is 3. The Balaban J connectivity index is 1.31. The lowest BCUT2D eigenvalue weighted by molar-refractivity contribution is -0.137. The van der Waals surface area contributed by atoms with E-state index in [1.54, 1.807) is 24.1 Å². The van der Waals surface area contributed by atoms with Gasteiger partial charge in [0.1, 0.15) is 0 Å². The number of imidazole rings is 1. The van der Waals surface area contributed by atoms with Crippen LogP contribution >= 0.6 is 0 Å². The van der Waals surface area contributed by atoms with Crippen LogP contribution < -0.4 is 19.1 Å². The van der Waals surface area contributed by atoms with E-state index in [2.05, 4.69) is 20.4 Å². The molecule has 1 fully saturated rings. The number of amides is 1. The fourth-order valence-electron chi connectivity index (χ4n) is 6.70. The van der Waals surface area contributed by atoms with Crippen molar-refractivity contribution >= 4 is 22.9 Å². The van der Waals surface area contributed by atoms with E-state index in [0.717, 1.165) is 67.3 Å². The Morgan fingerprint density at radius 3 is 2.27 bits per heavy atom. The van der Waals surface area contributed by atoms with Crippen LogP contribution in [-0.2, 0) is 17.5 Å². The first-order valence-corrected chi connectivity index (χ1v) is 17.3. The second-order valence-corrected chi connectivity index (χ2v) is 12.6. The van der Waals surface area contributed by atoms with Crippen molar-refractivity contribution < 1.29 is 36.9 Å². The molecule has 1 amide bonds. The summed E-state index contributed by atoms with van der Waals surface area (Å²) in [5.74, 6) is 1.53. The molecule has 0 spiro atoms. The van der Waals surface area contributed by atoms with Crippen molar-refractivity contribution in [2.45, 2.75) is 38.4 Å². The second kappa shape index (κ2) is 17.1. The summed E-state index contributed by atoms with van der Waals surface area (Å²) in [6.07, 6.45) is -2.86. The van der Waals surface area contributed by atoms with Crippen molar-refractivity contribution in [2.75, 3.05) is 85.8 Å². The third-order valence-electron chi connectivity index (χ3n) is 9.42. The van der Waals surface area contributed by atoms with E-state index in [9.17, 15) is 18.0 Å². The zero-order valence-corrected chi connectivity index (χ0v) is 30.0. The zero-order valence-electron chi connectivity index (χ0n) is 30.0. The molecule has 13 heteroatoms. The first-order valence-electron chi connectivity index (χ1n) is 17.3. The number of alkyl halides is 3.